The summed E-state index contributed by atoms with van der Waals surface area (Å²) in [5, 5.41) is 7.10. The van der Waals surface area contributed by atoms with Gasteiger partial charge < -0.3 is 19.7 Å². The Bertz CT molecular complexity index is 1280. The number of carbonyl (C=O) groups excluding carboxylic acids is 1. The van der Waals surface area contributed by atoms with Gasteiger partial charge in [0, 0.05) is 56.6 Å². The highest BCUT2D eigenvalue weighted by molar-refractivity contribution is 6.09. The van der Waals surface area contributed by atoms with Gasteiger partial charge in [0.05, 0.1) is 30.7 Å². The summed E-state index contributed by atoms with van der Waals surface area (Å²) in [5.74, 6) is 0.0787. The van der Waals surface area contributed by atoms with Crippen molar-refractivity contribution in [2.24, 2.45) is 0 Å². The van der Waals surface area contributed by atoms with Crippen LogP contribution < -0.4 is 15.0 Å². The Kier molecular flexibility index (Phi) is 6.90. The Morgan fingerprint density at radius 3 is 2.73 bits per heavy atom. The molecule has 1 N–H and O–H groups in total. The molecule has 3 aromatic rings. The number of amides is 1. The number of anilines is 2. The number of hydrogen-bond acceptors (Lipinski definition) is 7. The van der Waals surface area contributed by atoms with E-state index in [-0.39, 0.29) is 18.7 Å². The molecule has 37 heavy (non-hydrogen) atoms. The van der Waals surface area contributed by atoms with Gasteiger partial charge in [0.25, 0.3) is 12.3 Å². The number of benzene rings is 1. The Balaban J connectivity index is 1.43. The van der Waals surface area contributed by atoms with E-state index in [9.17, 15) is 22.4 Å². The number of halogens is 4. The first-order chi connectivity index (χ1) is 17.7. The molecule has 5 rings (SSSR count). The van der Waals surface area contributed by atoms with Crippen LogP contribution in [0.4, 0.5) is 28.9 Å². The van der Waals surface area contributed by atoms with Crippen molar-refractivity contribution in [3.05, 3.63) is 47.9 Å². The number of alkyl halides is 4. The molecular weight excluding hydrogens is 496 g/mol. The minimum Gasteiger partial charge on any atom is -0.484 e. The van der Waals surface area contributed by atoms with Crippen LogP contribution in [0.2, 0.25) is 0 Å². The van der Waals surface area contributed by atoms with E-state index in [0.29, 0.717) is 55.4 Å². The zero-order chi connectivity index (χ0) is 26.2. The average Bonchev–Trinajstić information content (AvgIpc) is 3.43. The van der Waals surface area contributed by atoms with Crippen LogP contribution in [-0.4, -0.2) is 83.4 Å². The van der Waals surface area contributed by atoms with Crippen molar-refractivity contribution in [2.75, 3.05) is 49.5 Å². The van der Waals surface area contributed by atoms with Crippen LogP contribution in [0.25, 0.3) is 5.65 Å². The van der Waals surface area contributed by atoms with E-state index in [1.54, 1.807) is 42.4 Å². The monoisotopic (exact) mass is 522 g/mol. The van der Waals surface area contributed by atoms with Crippen LogP contribution in [-0.2, 0) is 11.2 Å². The second-order valence-electron chi connectivity index (χ2n) is 9.36. The predicted octanol–water partition coefficient (Wildman–Crippen LogP) is 3.30. The molecule has 198 valence electrons. The van der Waals surface area contributed by atoms with Crippen molar-refractivity contribution in [2.45, 2.75) is 32.0 Å². The molecule has 9 nitrogen and oxygen atoms in total. The largest absolute Gasteiger partial charge is 0.484 e. The van der Waals surface area contributed by atoms with Gasteiger partial charge in [0.15, 0.2) is 5.65 Å². The van der Waals surface area contributed by atoms with Crippen LogP contribution in [0.5, 0.6) is 5.75 Å². The molecular formula is C24H26F4N6O3. The van der Waals surface area contributed by atoms with E-state index in [4.69, 9.17) is 4.74 Å². The smallest absolute Gasteiger partial charge is 0.345 e. The van der Waals surface area contributed by atoms with Gasteiger partial charge in [-0.25, -0.2) is 18.3 Å². The molecule has 2 aromatic heterocycles. The highest BCUT2D eigenvalue weighted by Crippen LogP contribution is 2.42. The minimum atomic E-state index is -2.92. The highest BCUT2D eigenvalue weighted by Gasteiger charge is 2.37. The van der Waals surface area contributed by atoms with Gasteiger partial charge >= 0.3 is 6.61 Å². The van der Waals surface area contributed by atoms with Crippen LogP contribution in [0.15, 0.2) is 36.8 Å². The van der Waals surface area contributed by atoms with E-state index in [1.807, 2.05) is 4.90 Å². The number of nitrogens with zero attached hydrogens (tertiary/aromatic N) is 5. The number of aromatic nitrogens is 3. The number of rotatable bonds is 8. The summed E-state index contributed by atoms with van der Waals surface area (Å²) in [5.41, 5.74) is 1.54. The van der Waals surface area contributed by atoms with E-state index in [0.717, 1.165) is 5.56 Å². The second-order valence-corrected chi connectivity index (χ2v) is 9.36. The molecule has 2 aliphatic rings. The van der Waals surface area contributed by atoms with Gasteiger partial charge in [-0.15, -0.1) is 0 Å². The second kappa shape index (κ2) is 10.1. The van der Waals surface area contributed by atoms with Crippen LogP contribution in [0.3, 0.4) is 0 Å². The van der Waals surface area contributed by atoms with Crippen molar-refractivity contribution in [1.29, 1.82) is 0 Å². The Hall–Kier alpha value is -3.45. The molecule has 0 spiro atoms. The van der Waals surface area contributed by atoms with E-state index < -0.39 is 24.5 Å². The fraction of sp³-hybridized carbons (Fsp3) is 0.458. The summed E-state index contributed by atoms with van der Waals surface area (Å²) < 4.78 is 63.0. The van der Waals surface area contributed by atoms with Gasteiger partial charge in [0.2, 0.25) is 0 Å². The summed E-state index contributed by atoms with van der Waals surface area (Å²) in [6.07, 6.45) is 2.56. The van der Waals surface area contributed by atoms with Crippen molar-refractivity contribution in [1.82, 2.24) is 19.5 Å². The summed E-state index contributed by atoms with van der Waals surface area (Å²) in [4.78, 5) is 21.2. The predicted molar refractivity (Wildman–Crippen MR) is 127 cm³/mol. The molecule has 1 saturated heterocycles. The molecule has 0 radical (unpaired) electrons. The lowest BCUT2D eigenvalue weighted by Crippen LogP contribution is -2.48. The Morgan fingerprint density at radius 1 is 1.22 bits per heavy atom. The quantitative estimate of drug-likeness (QED) is 0.455. The molecule has 4 heterocycles. The molecule has 0 aliphatic carbocycles. The first-order valence-corrected chi connectivity index (χ1v) is 11.8. The lowest BCUT2D eigenvalue weighted by Gasteiger charge is -2.37. The minimum absolute atomic E-state index is 0.278. The molecule has 0 saturated carbocycles. The molecule has 1 aromatic carbocycles. The lowest BCUT2D eigenvalue weighted by atomic mass is 9.99. The first kappa shape index (κ1) is 25.2. The molecule has 1 unspecified atom stereocenters. The molecule has 0 bridgehead atoms. The molecule has 1 fully saturated rings. The normalized spacial score (nSPS) is 20.0. The molecule has 2 aliphatic heterocycles. The van der Waals surface area contributed by atoms with Crippen LogP contribution >= 0.6 is 0 Å². The van der Waals surface area contributed by atoms with E-state index in [2.05, 4.69) is 20.1 Å². The van der Waals surface area contributed by atoms with E-state index >= 15 is 0 Å². The van der Waals surface area contributed by atoms with Crippen molar-refractivity contribution < 1.29 is 31.8 Å². The number of fused-ring (bicyclic) bond motifs is 2. The van der Waals surface area contributed by atoms with Gasteiger partial charge in [-0.3, -0.25) is 9.69 Å². The number of ether oxygens (including phenoxy) is 2. The number of carbonyl (C=O) groups is 1. The topological polar surface area (TPSA) is 84.2 Å². The number of piperazine rings is 1. The number of nitrogens with one attached hydrogen (secondary N) is 1. The first-order valence-electron chi connectivity index (χ1n) is 11.8. The maximum Gasteiger partial charge on any atom is 0.345 e. The summed E-state index contributed by atoms with van der Waals surface area (Å²) in [6, 6.07) is 5.22. The Labute approximate surface area is 210 Å². The fourth-order valence-electron chi connectivity index (χ4n) is 4.78. The van der Waals surface area contributed by atoms with Gasteiger partial charge in [0.1, 0.15) is 16.9 Å². The molecule has 1 atom stereocenters. The third kappa shape index (κ3) is 5.47. The summed E-state index contributed by atoms with van der Waals surface area (Å²) in [6.45, 7) is -0.0800. The van der Waals surface area contributed by atoms with Gasteiger partial charge in [-0.2, -0.15) is 13.9 Å². The third-order valence-electron chi connectivity index (χ3n) is 6.50. The number of hydrogen-bond donors (Lipinski definition) is 1. The molecule has 1 amide bonds. The van der Waals surface area contributed by atoms with Crippen molar-refractivity contribution in [3.63, 3.8) is 0 Å². The maximum absolute atomic E-state index is 13.3. The summed E-state index contributed by atoms with van der Waals surface area (Å²) >= 11 is 0. The maximum atomic E-state index is 13.3. The lowest BCUT2D eigenvalue weighted by molar-refractivity contribution is -0.158. The summed E-state index contributed by atoms with van der Waals surface area (Å²) in [7, 11) is 0. The highest BCUT2D eigenvalue weighted by atomic mass is 19.3. The molecule has 13 heteroatoms. The standard InChI is InChI=1S/C24H26F4N6O3/c1-24(14-36-23(27)28)11-15-9-17(31-22(35)16-12-30-34-4-2-3-29-21(16)34)18(10-19(15)37-24)33-7-5-32(6-8-33)13-20(25)26/h2-4,9-10,12,20,23H,5-8,11,13-14H2,1H3,(H,31,35). The van der Waals surface area contributed by atoms with Gasteiger partial charge in [-0.1, -0.05) is 0 Å². The van der Waals surface area contributed by atoms with Crippen LogP contribution in [0, 0.1) is 0 Å². The van der Waals surface area contributed by atoms with E-state index in [1.165, 1.54) is 10.7 Å². The zero-order valence-corrected chi connectivity index (χ0v) is 20.0. The third-order valence-corrected chi connectivity index (χ3v) is 6.50. The van der Waals surface area contributed by atoms with Gasteiger partial charge in [-0.05, 0) is 19.1 Å². The fourth-order valence-corrected chi connectivity index (χ4v) is 4.78. The SMILES string of the molecule is CC1(COC(F)F)Cc2cc(NC(=O)c3cnn4cccnc34)c(N3CCN(CC(F)F)CC3)cc2O1. The zero-order valence-electron chi connectivity index (χ0n) is 20.0. The average molecular weight is 523 g/mol. The van der Waals surface area contributed by atoms with Crippen LogP contribution in [0.1, 0.15) is 22.8 Å². The Morgan fingerprint density at radius 2 is 2.00 bits per heavy atom. The van der Waals surface area contributed by atoms with Crippen molar-refractivity contribution >= 4 is 22.9 Å². The van der Waals surface area contributed by atoms with Crippen molar-refractivity contribution in [3.8, 4) is 5.75 Å².